The Labute approximate surface area is 123 Å². The largest absolute Gasteiger partial charge is 0.396 e. The molecule has 0 saturated carbocycles. The molecule has 3 rings (SSSR count). The van der Waals surface area contributed by atoms with Crippen LogP contribution in [-0.4, -0.2) is 48.2 Å². The Morgan fingerprint density at radius 1 is 1.55 bits per heavy atom. The van der Waals surface area contributed by atoms with Crippen LogP contribution in [0.15, 0.2) is 16.8 Å². The molecule has 0 aliphatic carbocycles. The number of hydrogen-bond acceptors (Lipinski definition) is 4. The van der Waals surface area contributed by atoms with Crippen molar-refractivity contribution >= 4 is 17.2 Å². The molecule has 3 heterocycles. The van der Waals surface area contributed by atoms with Crippen molar-refractivity contribution in [2.45, 2.75) is 31.7 Å². The summed E-state index contributed by atoms with van der Waals surface area (Å²) < 4.78 is 0. The number of hydrogen-bond donors (Lipinski definition) is 2. The first kappa shape index (κ1) is 14.0. The Morgan fingerprint density at radius 2 is 2.45 bits per heavy atom. The van der Waals surface area contributed by atoms with Crippen LogP contribution in [0.2, 0.25) is 0 Å². The molecular formula is C15H22N2O2S. The summed E-state index contributed by atoms with van der Waals surface area (Å²) >= 11 is 1.63. The molecule has 2 N–H and O–H groups in total. The van der Waals surface area contributed by atoms with Gasteiger partial charge in [-0.3, -0.25) is 4.79 Å². The molecule has 1 aromatic heterocycles. The van der Waals surface area contributed by atoms with Crippen LogP contribution in [0, 0.1) is 5.41 Å². The van der Waals surface area contributed by atoms with E-state index in [2.05, 4.69) is 5.32 Å². The van der Waals surface area contributed by atoms with E-state index in [-0.39, 0.29) is 24.0 Å². The van der Waals surface area contributed by atoms with E-state index in [9.17, 15) is 9.90 Å². The zero-order valence-corrected chi connectivity index (χ0v) is 12.5. The van der Waals surface area contributed by atoms with Crippen LogP contribution < -0.4 is 5.32 Å². The van der Waals surface area contributed by atoms with Gasteiger partial charge in [-0.2, -0.15) is 11.3 Å². The first-order valence-electron chi connectivity index (χ1n) is 7.37. The SMILES string of the molecule is O=C(Cc1ccsc1)N1CC[C@@]2(CO)CCCN[C@@H]2C1. The van der Waals surface area contributed by atoms with Crippen molar-refractivity contribution in [3.8, 4) is 0 Å². The molecule has 0 spiro atoms. The van der Waals surface area contributed by atoms with Crippen molar-refractivity contribution in [2.24, 2.45) is 5.41 Å². The van der Waals surface area contributed by atoms with E-state index in [1.807, 2.05) is 21.7 Å². The topological polar surface area (TPSA) is 52.6 Å². The molecule has 0 aromatic carbocycles. The van der Waals surface area contributed by atoms with Crippen LogP contribution in [0.25, 0.3) is 0 Å². The Bertz CT molecular complexity index is 462. The van der Waals surface area contributed by atoms with E-state index in [4.69, 9.17) is 0 Å². The number of likely N-dealkylation sites (tertiary alicyclic amines) is 1. The molecule has 0 unspecified atom stereocenters. The molecule has 2 fully saturated rings. The van der Waals surface area contributed by atoms with Gasteiger partial charge in [-0.05, 0) is 48.2 Å². The second-order valence-corrected chi connectivity index (χ2v) is 6.81. The third-order valence-electron chi connectivity index (χ3n) is 4.87. The van der Waals surface area contributed by atoms with Crippen molar-refractivity contribution in [3.63, 3.8) is 0 Å². The van der Waals surface area contributed by atoms with Gasteiger partial charge < -0.3 is 15.3 Å². The van der Waals surface area contributed by atoms with Crippen molar-refractivity contribution in [2.75, 3.05) is 26.2 Å². The quantitative estimate of drug-likeness (QED) is 0.882. The lowest BCUT2D eigenvalue weighted by molar-refractivity contribution is -0.135. The molecule has 0 radical (unpaired) electrons. The van der Waals surface area contributed by atoms with Gasteiger partial charge in [-0.1, -0.05) is 0 Å². The summed E-state index contributed by atoms with van der Waals surface area (Å²) in [6.45, 7) is 2.75. The number of nitrogens with one attached hydrogen (secondary N) is 1. The smallest absolute Gasteiger partial charge is 0.227 e. The van der Waals surface area contributed by atoms with Crippen molar-refractivity contribution in [1.29, 1.82) is 0 Å². The van der Waals surface area contributed by atoms with Gasteiger partial charge in [0.05, 0.1) is 13.0 Å². The van der Waals surface area contributed by atoms with Crippen LogP contribution in [0.3, 0.4) is 0 Å². The lowest BCUT2D eigenvalue weighted by Crippen LogP contribution is -2.62. The summed E-state index contributed by atoms with van der Waals surface area (Å²) in [5, 5.41) is 17.3. The average Bonchev–Trinajstić information content (AvgIpc) is 2.99. The number of aliphatic hydroxyl groups excluding tert-OH is 1. The van der Waals surface area contributed by atoms with Gasteiger partial charge in [0.25, 0.3) is 0 Å². The summed E-state index contributed by atoms with van der Waals surface area (Å²) in [6, 6.07) is 2.27. The highest BCUT2D eigenvalue weighted by atomic mass is 32.1. The van der Waals surface area contributed by atoms with Gasteiger partial charge in [0.15, 0.2) is 0 Å². The van der Waals surface area contributed by atoms with Gasteiger partial charge >= 0.3 is 0 Å². The second kappa shape index (κ2) is 5.84. The zero-order chi connectivity index (χ0) is 14.0. The lowest BCUT2D eigenvalue weighted by Gasteiger charge is -2.50. The zero-order valence-electron chi connectivity index (χ0n) is 11.7. The Balaban J connectivity index is 1.64. The summed E-state index contributed by atoms with van der Waals surface area (Å²) in [7, 11) is 0. The maximum absolute atomic E-state index is 12.4. The van der Waals surface area contributed by atoms with E-state index >= 15 is 0 Å². The van der Waals surface area contributed by atoms with Crippen LogP contribution in [0.4, 0.5) is 0 Å². The number of piperidine rings is 2. The minimum absolute atomic E-state index is 0.00257. The molecule has 2 atom stereocenters. The predicted octanol–water partition coefficient (Wildman–Crippen LogP) is 1.25. The fourth-order valence-electron chi connectivity index (χ4n) is 3.51. The van der Waals surface area contributed by atoms with E-state index in [1.165, 1.54) is 0 Å². The van der Waals surface area contributed by atoms with Gasteiger partial charge in [-0.15, -0.1) is 0 Å². The molecule has 110 valence electrons. The number of aliphatic hydroxyl groups is 1. The molecule has 0 bridgehead atoms. The number of nitrogens with zero attached hydrogens (tertiary/aromatic N) is 1. The monoisotopic (exact) mass is 294 g/mol. The molecule has 20 heavy (non-hydrogen) atoms. The van der Waals surface area contributed by atoms with Gasteiger partial charge in [0.2, 0.25) is 5.91 Å². The molecular weight excluding hydrogens is 272 g/mol. The second-order valence-electron chi connectivity index (χ2n) is 6.03. The highest BCUT2D eigenvalue weighted by molar-refractivity contribution is 7.07. The van der Waals surface area contributed by atoms with Crippen LogP contribution in [0.5, 0.6) is 0 Å². The van der Waals surface area contributed by atoms with Crippen LogP contribution in [-0.2, 0) is 11.2 Å². The van der Waals surface area contributed by atoms with Crippen molar-refractivity contribution in [3.05, 3.63) is 22.4 Å². The Morgan fingerprint density at radius 3 is 3.20 bits per heavy atom. The fourth-order valence-corrected chi connectivity index (χ4v) is 4.18. The normalized spacial score (nSPS) is 30.1. The van der Waals surface area contributed by atoms with Crippen molar-refractivity contribution in [1.82, 2.24) is 10.2 Å². The number of fused-ring (bicyclic) bond motifs is 1. The highest BCUT2D eigenvalue weighted by Gasteiger charge is 2.44. The van der Waals surface area contributed by atoms with E-state index in [1.54, 1.807) is 11.3 Å². The number of carbonyl (C=O) groups excluding carboxylic acids is 1. The van der Waals surface area contributed by atoms with E-state index in [0.717, 1.165) is 44.5 Å². The number of amides is 1. The molecule has 5 heteroatoms. The minimum atomic E-state index is -0.00257. The molecule has 2 aliphatic rings. The third-order valence-corrected chi connectivity index (χ3v) is 5.60. The van der Waals surface area contributed by atoms with Crippen LogP contribution >= 0.6 is 11.3 Å². The Kier molecular flexibility index (Phi) is 4.10. The summed E-state index contributed by atoms with van der Waals surface area (Å²) in [6.07, 6.45) is 3.62. The summed E-state index contributed by atoms with van der Waals surface area (Å²) in [5.41, 5.74) is 1.10. The first-order chi connectivity index (χ1) is 9.73. The molecule has 4 nitrogen and oxygen atoms in total. The summed E-state index contributed by atoms with van der Waals surface area (Å²) in [4.78, 5) is 14.3. The lowest BCUT2D eigenvalue weighted by atomic mass is 9.70. The third kappa shape index (κ3) is 2.62. The van der Waals surface area contributed by atoms with Gasteiger partial charge in [-0.25, -0.2) is 0 Å². The maximum atomic E-state index is 12.4. The van der Waals surface area contributed by atoms with E-state index < -0.39 is 0 Å². The standard InChI is InChI=1S/C15H22N2O2S/c18-11-15-3-1-5-16-13(15)9-17(6-4-15)14(19)8-12-2-7-20-10-12/h2,7,10,13,16,18H,1,3-6,8-9,11H2/t13-,15-/m1/s1. The average molecular weight is 294 g/mol. The molecule has 1 amide bonds. The van der Waals surface area contributed by atoms with Gasteiger partial charge in [0, 0.05) is 24.5 Å². The minimum Gasteiger partial charge on any atom is -0.396 e. The van der Waals surface area contributed by atoms with Crippen molar-refractivity contribution < 1.29 is 9.90 Å². The number of thiophene rings is 1. The maximum Gasteiger partial charge on any atom is 0.227 e. The molecule has 1 aromatic rings. The molecule has 2 aliphatic heterocycles. The molecule has 2 saturated heterocycles. The van der Waals surface area contributed by atoms with Gasteiger partial charge in [0.1, 0.15) is 0 Å². The number of rotatable bonds is 3. The highest BCUT2D eigenvalue weighted by Crippen LogP contribution is 2.38. The Hall–Kier alpha value is -0.910. The number of carbonyl (C=O) groups is 1. The fraction of sp³-hybridized carbons (Fsp3) is 0.667. The van der Waals surface area contributed by atoms with E-state index in [0.29, 0.717) is 6.42 Å². The first-order valence-corrected chi connectivity index (χ1v) is 8.31. The predicted molar refractivity (Wildman–Crippen MR) is 79.8 cm³/mol. The van der Waals surface area contributed by atoms with Crippen LogP contribution in [0.1, 0.15) is 24.8 Å². The summed E-state index contributed by atoms with van der Waals surface area (Å²) in [5.74, 6) is 0.210.